The molecule has 0 bridgehead atoms. The summed E-state index contributed by atoms with van der Waals surface area (Å²) in [6, 6.07) is 0.588. The van der Waals surface area contributed by atoms with Crippen molar-refractivity contribution in [2.45, 2.75) is 77.7 Å². The summed E-state index contributed by atoms with van der Waals surface area (Å²) < 4.78 is 10.7. The molecule has 0 aromatic heterocycles. The number of carbonyl (C=O) groups is 2. The molecule has 2 saturated carbocycles. The lowest BCUT2D eigenvalue weighted by Gasteiger charge is -2.35. The number of carbonyl (C=O) groups excluding carboxylic acids is 2. The van der Waals surface area contributed by atoms with Crippen molar-refractivity contribution < 1.29 is 19.1 Å². The van der Waals surface area contributed by atoms with Gasteiger partial charge in [0.2, 0.25) is 0 Å². The van der Waals surface area contributed by atoms with Crippen LogP contribution in [-0.2, 0) is 9.47 Å². The highest BCUT2D eigenvalue weighted by atomic mass is 16.6. The summed E-state index contributed by atoms with van der Waals surface area (Å²) >= 11 is 0. The smallest absolute Gasteiger partial charge is 0.410 e. The topological polar surface area (TPSA) is 111 Å². The molecule has 0 spiro atoms. The van der Waals surface area contributed by atoms with E-state index in [4.69, 9.17) is 20.9 Å². The van der Waals surface area contributed by atoms with Crippen molar-refractivity contribution in [2.24, 2.45) is 35.1 Å². The first-order valence-electron chi connectivity index (χ1n) is 11.2. The lowest BCUT2D eigenvalue weighted by atomic mass is 9.72. The predicted molar refractivity (Wildman–Crippen MR) is 115 cm³/mol. The van der Waals surface area contributed by atoms with Crippen LogP contribution in [0.2, 0.25) is 0 Å². The molecule has 2 unspecified atom stereocenters. The summed E-state index contributed by atoms with van der Waals surface area (Å²) in [5.74, 6) is 2.26. The summed E-state index contributed by atoms with van der Waals surface area (Å²) in [6.45, 7) is 14.6. The molecule has 0 aromatic carbocycles. The second-order valence-corrected chi connectivity index (χ2v) is 11.4. The molecule has 8 heteroatoms. The van der Waals surface area contributed by atoms with Crippen LogP contribution in [-0.4, -0.2) is 71.5 Å². The van der Waals surface area contributed by atoms with Crippen molar-refractivity contribution in [3.8, 4) is 0 Å². The molecule has 6 atom stereocenters. The lowest BCUT2D eigenvalue weighted by Crippen LogP contribution is -2.46. The maximum absolute atomic E-state index is 11.7. The van der Waals surface area contributed by atoms with Crippen LogP contribution in [0.1, 0.15) is 54.4 Å². The van der Waals surface area contributed by atoms with Crippen molar-refractivity contribution >= 4 is 12.2 Å². The Hall–Kier alpha value is -1.54. The maximum Gasteiger partial charge on any atom is 0.410 e. The molecule has 4 N–H and O–H groups in total. The van der Waals surface area contributed by atoms with Crippen LogP contribution >= 0.6 is 0 Å². The van der Waals surface area contributed by atoms with Crippen LogP contribution in [0.15, 0.2) is 0 Å². The number of ether oxygens (including phenoxy) is 2. The standard InChI is InChI=1S/2C11H20N2O2/c2*1-11(2,3)15-10(14)13-5-7-4-9(12)8(7)6-13/h2*7-9H,4-6,12H2,1-3H3/t2*7-,8+,9?/m10/s1. The molecule has 172 valence electrons. The van der Waals surface area contributed by atoms with Gasteiger partial charge in [-0.05, 0) is 78.1 Å². The van der Waals surface area contributed by atoms with Crippen LogP contribution in [0.4, 0.5) is 9.59 Å². The quantitative estimate of drug-likeness (QED) is 0.618. The van der Waals surface area contributed by atoms with Gasteiger partial charge < -0.3 is 30.7 Å². The van der Waals surface area contributed by atoms with E-state index in [1.807, 2.05) is 41.5 Å². The largest absolute Gasteiger partial charge is 0.444 e. The average molecular weight is 425 g/mol. The molecular formula is C22H40N4O4. The minimum Gasteiger partial charge on any atom is -0.444 e. The Balaban J connectivity index is 0.000000171. The molecule has 2 aliphatic carbocycles. The van der Waals surface area contributed by atoms with E-state index in [-0.39, 0.29) is 12.2 Å². The molecule has 0 radical (unpaired) electrons. The highest BCUT2D eigenvalue weighted by Crippen LogP contribution is 2.40. The molecule has 4 rings (SSSR count). The van der Waals surface area contributed by atoms with Crippen LogP contribution in [0, 0.1) is 23.7 Å². The summed E-state index contributed by atoms with van der Waals surface area (Å²) in [5, 5.41) is 0. The van der Waals surface area contributed by atoms with Gasteiger partial charge in [0.25, 0.3) is 0 Å². The number of hydrogen-bond acceptors (Lipinski definition) is 6. The number of rotatable bonds is 0. The summed E-state index contributed by atoms with van der Waals surface area (Å²) in [7, 11) is 0. The maximum atomic E-state index is 11.7. The average Bonchev–Trinajstić information content (AvgIpc) is 3.09. The Morgan fingerprint density at radius 2 is 1.03 bits per heavy atom. The SMILES string of the molecule is CC(C)(C)OC(=O)N1C[C@@H]2CC(N)[C@@H]2C1.CC(C)(C)OC(=O)N1C[C@H]2CC(N)[C@H]2C1. The predicted octanol–water partition coefficient (Wildman–Crippen LogP) is 2.40. The zero-order chi connectivity index (χ0) is 22.4. The van der Waals surface area contributed by atoms with Crippen molar-refractivity contribution in [3.63, 3.8) is 0 Å². The van der Waals surface area contributed by atoms with Gasteiger partial charge in [-0.2, -0.15) is 0 Å². The van der Waals surface area contributed by atoms with E-state index >= 15 is 0 Å². The molecular weight excluding hydrogens is 384 g/mol. The van der Waals surface area contributed by atoms with E-state index in [9.17, 15) is 9.59 Å². The van der Waals surface area contributed by atoms with E-state index in [1.165, 1.54) is 0 Å². The highest BCUT2D eigenvalue weighted by Gasteiger charge is 2.48. The third-order valence-corrected chi connectivity index (χ3v) is 6.54. The normalized spacial score (nSPS) is 34.7. The van der Waals surface area contributed by atoms with Crippen LogP contribution < -0.4 is 11.5 Å². The molecule has 30 heavy (non-hydrogen) atoms. The van der Waals surface area contributed by atoms with Gasteiger partial charge >= 0.3 is 12.2 Å². The minimum atomic E-state index is -0.402. The molecule has 8 nitrogen and oxygen atoms in total. The van der Waals surface area contributed by atoms with Gasteiger partial charge in [-0.1, -0.05) is 0 Å². The molecule has 4 fully saturated rings. The van der Waals surface area contributed by atoms with Gasteiger partial charge in [0, 0.05) is 38.3 Å². The number of nitrogens with zero attached hydrogens (tertiary/aromatic N) is 2. The van der Waals surface area contributed by atoms with Gasteiger partial charge in [-0.3, -0.25) is 0 Å². The zero-order valence-corrected chi connectivity index (χ0v) is 19.4. The van der Waals surface area contributed by atoms with E-state index < -0.39 is 11.2 Å². The van der Waals surface area contributed by atoms with Gasteiger partial charge in [-0.15, -0.1) is 0 Å². The van der Waals surface area contributed by atoms with E-state index in [2.05, 4.69) is 0 Å². The zero-order valence-electron chi connectivity index (χ0n) is 19.4. The first-order chi connectivity index (χ1) is 13.7. The van der Waals surface area contributed by atoms with Gasteiger partial charge in [-0.25, -0.2) is 9.59 Å². The molecule has 4 aliphatic rings. The number of nitrogens with two attached hydrogens (primary N) is 2. The van der Waals surface area contributed by atoms with E-state index in [0.29, 0.717) is 35.8 Å². The van der Waals surface area contributed by atoms with E-state index in [1.54, 1.807) is 9.80 Å². The summed E-state index contributed by atoms with van der Waals surface area (Å²) in [6.07, 6.45) is 1.74. The second kappa shape index (κ2) is 8.19. The van der Waals surface area contributed by atoms with Crippen LogP contribution in [0.5, 0.6) is 0 Å². The van der Waals surface area contributed by atoms with Gasteiger partial charge in [0.15, 0.2) is 0 Å². The van der Waals surface area contributed by atoms with Gasteiger partial charge in [0.1, 0.15) is 11.2 Å². The Labute approximate surface area is 180 Å². The second-order valence-electron chi connectivity index (χ2n) is 11.4. The Bertz CT molecular complexity index is 601. The summed E-state index contributed by atoms with van der Waals surface area (Å²) in [5.41, 5.74) is 10.9. The van der Waals surface area contributed by atoms with Gasteiger partial charge in [0.05, 0.1) is 0 Å². The van der Waals surface area contributed by atoms with Crippen molar-refractivity contribution in [2.75, 3.05) is 26.2 Å². The van der Waals surface area contributed by atoms with E-state index in [0.717, 1.165) is 39.0 Å². The van der Waals surface area contributed by atoms with Crippen LogP contribution in [0.3, 0.4) is 0 Å². The van der Waals surface area contributed by atoms with Crippen LogP contribution in [0.25, 0.3) is 0 Å². The third-order valence-electron chi connectivity index (χ3n) is 6.54. The first kappa shape index (κ1) is 23.1. The molecule has 0 aromatic rings. The minimum absolute atomic E-state index is 0.191. The molecule has 2 saturated heterocycles. The molecule has 2 amide bonds. The van der Waals surface area contributed by atoms with Crippen molar-refractivity contribution in [3.05, 3.63) is 0 Å². The molecule has 2 aliphatic heterocycles. The number of amides is 2. The first-order valence-corrected chi connectivity index (χ1v) is 11.2. The summed E-state index contributed by atoms with van der Waals surface area (Å²) in [4.78, 5) is 27.1. The van der Waals surface area contributed by atoms with Crippen molar-refractivity contribution in [1.29, 1.82) is 0 Å². The lowest BCUT2D eigenvalue weighted by molar-refractivity contribution is 0.0277. The monoisotopic (exact) mass is 424 g/mol. The Morgan fingerprint density at radius 3 is 1.27 bits per heavy atom. The van der Waals surface area contributed by atoms with Crippen molar-refractivity contribution in [1.82, 2.24) is 9.80 Å². The number of hydrogen-bond donors (Lipinski definition) is 2. The number of fused-ring (bicyclic) bond motifs is 2. The third kappa shape index (κ3) is 5.38. The fourth-order valence-electron chi connectivity index (χ4n) is 4.87. The molecule has 2 heterocycles. The highest BCUT2D eigenvalue weighted by molar-refractivity contribution is 5.69. The Kier molecular flexibility index (Phi) is 6.31. The fourth-order valence-corrected chi connectivity index (χ4v) is 4.87. The number of likely N-dealkylation sites (tertiary alicyclic amines) is 2. The fraction of sp³-hybridized carbons (Fsp3) is 0.909. The Morgan fingerprint density at radius 1 is 0.700 bits per heavy atom.